The van der Waals surface area contributed by atoms with Crippen molar-refractivity contribution in [3.05, 3.63) is 0 Å². The molecule has 0 spiro atoms. The van der Waals surface area contributed by atoms with Gasteiger partial charge in [0.25, 0.3) is 0 Å². The van der Waals surface area contributed by atoms with Crippen LogP contribution in [0.2, 0.25) is 0 Å². The quantitative estimate of drug-likeness (QED) is 0.769. The number of likely N-dealkylation sites (tertiary alicyclic amines) is 1. The van der Waals surface area contributed by atoms with Gasteiger partial charge in [-0.15, -0.1) is 0 Å². The average molecular weight is 319 g/mol. The first-order chi connectivity index (χ1) is 11.3. The number of amides is 1. The molecule has 130 valence electrons. The number of rotatable bonds is 5. The molecule has 1 amide bonds. The Hall–Kier alpha value is -0.570. The van der Waals surface area contributed by atoms with Crippen molar-refractivity contribution >= 4 is 5.91 Å². The predicted molar refractivity (Wildman–Crippen MR) is 93.2 cm³/mol. The SMILES string of the molecule is O=C(CN(C1CC1)[C@@H]1CCCC[C@H]1C1CCCCC1)N1CCC1. The minimum atomic E-state index is 0.413. The molecule has 0 unspecified atom stereocenters. The lowest BCUT2D eigenvalue weighted by molar-refractivity contribution is -0.137. The van der Waals surface area contributed by atoms with E-state index in [1.165, 1.54) is 77.0 Å². The van der Waals surface area contributed by atoms with Crippen LogP contribution in [0, 0.1) is 11.8 Å². The molecule has 0 aromatic carbocycles. The van der Waals surface area contributed by atoms with Crippen molar-refractivity contribution in [3.8, 4) is 0 Å². The van der Waals surface area contributed by atoms with Crippen molar-refractivity contribution in [3.63, 3.8) is 0 Å². The second kappa shape index (κ2) is 7.13. The lowest BCUT2D eigenvalue weighted by Gasteiger charge is -2.45. The standard InChI is InChI=1S/C20H34N2O/c23-20(21-13-6-14-21)15-22(17-11-12-17)19-10-5-4-9-18(19)16-7-2-1-3-8-16/h16-19H,1-15H2/t18-,19+/m0/s1. The normalized spacial score (nSPS) is 32.8. The van der Waals surface area contributed by atoms with Crippen molar-refractivity contribution < 1.29 is 4.79 Å². The molecular formula is C20H34N2O. The van der Waals surface area contributed by atoms with Crippen molar-refractivity contribution in [2.75, 3.05) is 19.6 Å². The first-order valence-electron chi connectivity index (χ1n) is 10.4. The molecule has 3 saturated carbocycles. The van der Waals surface area contributed by atoms with Gasteiger partial charge in [0, 0.05) is 25.2 Å². The number of carbonyl (C=O) groups is 1. The van der Waals surface area contributed by atoms with E-state index in [0.29, 0.717) is 11.9 Å². The Balaban J connectivity index is 1.44. The Kier molecular flexibility index (Phi) is 4.93. The number of hydrogen-bond acceptors (Lipinski definition) is 2. The molecule has 23 heavy (non-hydrogen) atoms. The highest BCUT2D eigenvalue weighted by atomic mass is 16.2. The molecule has 0 aromatic rings. The van der Waals surface area contributed by atoms with Crippen LogP contribution < -0.4 is 0 Å². The van der Waals surface area contributed by atoms with E-state index in [1.54, 1.807) is 0 Å². The predicted octanol–water partition coefficient (Wildman–Crippen LogP) is 3.82. The molecule has 4 rings (SSSR count). The third-order valence-corrected chi connectivity index (χ3v) is 7.01. The van der Waals surface area contributed by atoms with Crippen LogP contribution in [-0.4, -0.2) is 47.4 Å². The van der Waals surface area contributed by atoms with Gasteiger partial charge in [-0.05, 0) is 43.9 Å². The molecule has 3 heteroatoms. The third kappa shape index (κ3) is 3.60. The average Bonchev–Trinajstić information content (AvgIpc) is 3.37. The van der Waals surface area contributed by atoms with Gasteiger partial charge in [-0.3, -0.25) is 9.69 Å². The molecule has 0 bridgehead atoms. The van der Waals surface area contributed by atoms with Gasteiger partial charge in [-0.25, -0.2) is 0 Å². The fourth-order valence-electron chi connectivity index (χ4n) is 5.41. The van der Waals surface area contributed by atoms with Crippen LogP contribution in [0.1, 0.15) is 77.0 Å². The topological polar surface area (TPSA) is 23.6 Å². The second-order valence-corrected chi connectivity index (χ2v) is 8.55. The van der Waals surface area contributed by atoms with Gasteiger partial charge in [-0.2, -0.15) is 0 Å². The van der Waals surface area contributed by atoms with Gasteiger partial charge < -0.3 is 4.90 Å². The molecule has 4 aliphatic rings. The van der Waals surface area contributed by atoms with E-state index in [1.807, 2.05) is 0 Å². The maximum absolute atomic E-state index is 12.6. The van der Waals surface area contributed by atoms with Crippen LogP contribution in [0.15, 0.2) is 0 Å². The van der Waals surface area contributed by atoms with Gasteiger partial charge in [0.05, 0.1) is 6.54 Å². The maximum Gasteiger partial charge on any atom is 0.236 e. The Morgan fingerprint density at radius 3 is 2.17 bits per heavy atom. The van der Waals surface area contributed by atoms with Crippen molar-refractivity contribution in [1.82, 2.24) is 9.80 Å². The number of carbonyl (C=O) groups excluding carboxylic acids is 1. The fraction of sp³-hybridized carbons (Fsp3) is 0.950. The zero-order chi connectivity index (χ0) is 15.6. The van der Waals surface area contributed by atoms with Crippen LogP contribution in [0.4, 0.5) is 0 Å². The highest BCUT2D eigenvalue weighted by molar-refractivity contribution is 5.79. The van der Waals surface area contributed by atoms with Gasteiger partial charge >= 0.3 is 0 Å². The Bertz CT molecular complexity index is 410. The van der Waals surface area contributed by atoms with Gasteiger partial charge in [0.15, 0.2) is 0 Å². The first-order valence-corrected chi connectivity index (χ1v) is 10.4. The summed E-state index contributed by atoms with van der Waals surface area (Å²) in [6.45, 7) is 2.74. The van der Waals surface area contributed by atoms with E-state index in [9.17, 15) is 4.79 Å². The maximum atomic E-state index is 12.6. The summed E-state index contributed by atoms with van der Waals surface area (Å²) < 4.78 is 0. The largest absolute Gasteiger partial charge is 0.341 e. The van der Waals surface area contributed by atoms with E-state index in [4.69, 9.17) is 0 Å². The van der Waals surface area contributed by atoms with Gasteiger partial charge in [0.1, 0.15) is 0 Å². The summed E-state index contributed by atoms with van der Waals surface area (Å²) in [6.07, 6.45) is 16.7. The third-order valence-electron chi connectivity index (χ3n) is 7.01. The zero-order valence-electron chi connectivity index (χ0n) is 14.7. The van der Waals surface area contributed by atoms with Crippen LogP contribution in [0.3, 0.4) is 0 Å². The molecule has 0 N–H and O–H groups in total. The van der Waals surface area contributed by atoms with Crippen molar-refractivity contribution in [2.45, 2.75) is 89.1 Å². The van der Waals surface area contributed by atoms with E-state index < -0.39 is 0 Å². The second-order valence-electron chi connectivity index (χ2n) is 8.55. The smallest absolute Gasteiger partial charge is 0.236 e. The summed E-state index contributed by atoms with van der Waals surface area (Å²) in [6, 6.07) is 1.44. The number of nitrogens with zero attached hydrogens (tertiary/aromatic N) is 2. The van der Waals surface area contributed by atoms with Gasteiger partial charge in [0.2, 0.25) is 5.91 Å². The molecule has 0 aromatic heterocycles. The molecule has 3 nitrogen and oxygen atoms in total. The Morgan fingerprint density at radius 1 is 0.826 bits per heavy atom. The first kappa shape index (κ1) is 15.9. The summed E-state index contributed by atoms with van der Waals surface area (Å²) in [4.78, 5) is 17.3. The fourth-order valence-corrected chi connectivity index (χ4v) is 5.41. The highest BCUT2D eigenvalue weighted by Gasteiger charge is 2.42. The monoisotopic (exact) mass is 318 g/mol. The lowest BCUT2D eigenvalue weighted by Crippen LogP contribution is -2.53. The highest BCUT2D eigenvalue weighted by Crippen LogP contribution is 2.43. The Morgan fingerprint density at radius 2 is 1.52 bits per heavy atom. The van der Waals surface area contributed by atoms with Crippen LogP contribution in [0.5, 0.6) is 0 Å². The van der Waals surface area contributed by atoms with E-state index >= 15 is 0 Å². The minimum Gasteiger partial charge on any atom is -0.341 e. The molecule has 1 heterocycles. The summed E-state index contributed by atoms with van der Waals surface area (Å²) in [5.74, 6) is 2.25. The molecule has 4 fully saturated rings. The molecule has 2 atom stereocenters. The van der Waals surface area contributed by atoms with Gasteiger partial charge in [-0.1, -0.05) is 44.9 Å². The van der Waals surface area contributed by atoms with E-state index in [2.05, 4.69) is 9.80 Å². The molecule has 1 aliphatic heterocycles. The Labute approximate surface area is 141 Å². The zero-order valence-corrected chi connectivity index (χ0v) is 14.7. The molecule has 3 aliphatic carbocycles. The molecule has 1 saturated heterocycles. The molecule has 0 radical (unpaired) electrons. The van der Waals surface area contributed by atoms with E-state index in [0.717, 1.165) is 37.5 Å². The van der Waals surface area contributed by atoms with Crippen LogP contribution >= 0.6 is 0 Å². The molecular weight excluding hydrogens is 284 g/mol. The summed E-state index contributed by atoms with van der Waals surface area (Å²) in [5, 5.41) is 0. The summed E-state index contributed by atoms with van der Waals surface area (Å²) >= 11 is 0. The van der Waals surface area contributed by atoms with E-state index in [-0.39, 0.29) is 0 Å². The summed E-state index contributed by atoms with van der Waals surface area (Å²) in [7, 11) is 0. The number of hydrogen-bond donors (Lipinski definition) is 0. The van der Waals surface area contributed by atoms with Crippen LogP contribution in [0.25, 0.3) is 0 Å². The lowest BCUT2D eigenvalue weighted by atomic mass is 9.70. The van der Waals surface area contributed by atoms with Crippen LogP contribution in [-0.2, 0) is 4.79 Å². The van der Waals surface area contributed by atoms with Crippen molar-refractivity contribution in [2.24, 2.45) is 11.8 Å². The minimum absolute atomic E-state index is 0.413. The summed E-state index contributed by atoms with van der Waals surface area (Å²) in [5.41, 5.74) is 0. The van der Waals surface area contributed by atoms with Crippen molar-refractivity contribution in [1.29, 1.82) is 0 Å².